The minimum absolute atomic E-state index is 0.243. The van der Waals surface area contributed by atoms with Crippen molar-refractivity contribution in [2.24, 2.45) is 0 Å². The maximum Gasteiger partial charge on any atom is 0.341 e. The number of carbonyl (C=O) groups excluding carboxylic acids is 2. The van der Waals surface area contributed by atoms with Gasteiger partial charge in [0.2, 0.25) is 5.91 Å². The lowest BCUT2D eigenvalue weighted by Crippen LogP contribution is -2.12. The summed E-state index contributed by atoms with van der Waals surface area (Å²) in [5.74, 6) is -0.616. The van der Waals surface area contributed by atoms with Gasteiger partial charge in [0.25, 0.3) is 0 Å². The van der Waals surface area contributed by atoms with Crippen LogP contribution in [0.4, 0.5) is 5.00 Å². The molecule has 1 heterocycles. The normalized spacial score (nSPS) is 13.9. The van der Waals surface area contributed by atoms with Crippen LogP contribution < -0.4 is 5.32 Å². The number of nitrogens with one attached hydrogen (secondary N) is 1. The number of fused-ring (bicyclic) bond motifs is 1. The largest absolute Gasteiger partial charge is 0.465 e. The van der Waals surface area contributed by atoms with E-state index in [1.165, 1.54) is 41.4 Å². The molecule has 0 radical (unpaired) electrons. The molecule has 0 atom stereocenters. The molecule has 1 aliphatic rings. The Morgan fingerprint density at radius 1 is 1.12 bits per heavy atom. The standard InChI is InChI=1S/C21H23NO3S/c1-14-8-10-15(11-9-14)12-13-18(23)22-20-19(21(24)25-2)16-6-4-3-5-7-17(16)26-20/h8-13H,3-7H2,1-2H3,(H,22,23). The molecule has 0 fully saturated rings. The van der Waals surface area contributed by atoms with Crippen LogP contribution in [0.1, 0.15) is 51.2 Å². The minimum Gasteiger partial charge on any atom is -0.465 e. The Morgan fingerprint density at radius 2 is 1.85 bits per heavy atom. The summed E-state index contributed by atoms with van der Waals surface area (Å²) in [6, 6.07) is 7.94. The molecule has 1 aliphatic carbocycles. The molecule has 1 amide bonds. The minimum atomic E-state index is -0.373. The predicted molar refractivity (Wildman–Crippen MR) is 106 cm³/mol. The van der Waals surface area contributed by atoms with E-state index < -0.39 is 0 Å². The van der Waals surface area contributed by atoms with E-state index in [-0.39, 0.29) is 11.9 Å². The van der Waals surface area contributed by atoms with E-state index >= 15 is 0 Å². The Bertz CT molecular complexity index is 834. The molecule has 0 bridgehead atoms. The van der Waals surface area contributed by atoms with E-state index in [0.29, 0.717) is 10.6 Å². The number of aryl methyl sites for hydroxylation is 2. The Kier molecular flexibility index (Phi) is 5.89. The second-order valence-electron chi connectivity index (χ2n) is 6.49. The summed E-state index contributed by atoms with van der Waals surface area (Å²) < 4.78 is 4.96. The van der Waals surface area contributed by atoms with Crippen molar-refractivity contribution in [3.63, 3.8) is 0 Å². The fraction of sp³-hybridized carbons (Fsp3) is 0.333. The van der Waals surface area contributed by atoms with Crippen molar-refractivity contribution in [3.05, 3.63) is 57.5 Å². The SMILES string of the molecule is COC(=O)c1c(NC(=O)C=Cc2ccc(C)cc2)sc2c1CCCCC2. The third kappa shape index (κ3) is 4.22. The van der Waals surface area contributed by atoms with Gasteiger partial charge in [-0.3, -0.25) is 4.79 Å². The van der Waals surface area contributed by atoms with Gasteiger partial charge in [-0.1, -0.05) is 36.2 Å². The molecule has 2 aromatic rings. The highest BCUT2D eigenvalue weighted by molar-refractivity contribution is 7.17. The molecule has 0 unspecified atom stereocenters. The van der Waals surface area contributed by atoms with Crippen LogP contribution in [0.15, 0.2) is 30.3 Å². The number of benzene rings is 1. The number of amides is 1. The molecule has 0 aliphatic heterocycles. The Morgan fingerprint density at radius 3 is 2.58 bits per heavy atom. The molecule has 0 spiro atoms. The molecule has 5 heteroatoms. The van der Waals surface area contributed by atoms with Gasteiger partial charge in [0.1, 0.15) is 5.00 Å². The van der Waals surface area contributed by atoms with Gasteiger partial charge in [0.15, 0.2) is 0 Å². The van der Waals surface area contributed by atoms with Crippen LogP contribution in [0, 0.1) is 6.92 Å². The van der Waals surface area contributed by atoms with Gasteiger partial charge >= 0.3 is 5.97 Å². The predicted octanol–water partition coefficient (Wildman–Crippen LogP) is 4.76. The fourth-order valence-electron chi connectivity index (χ4n) is 3.15. The number of methoxy groups -OCH3 is 1. The molecule has 0 saturated carbocycles. The number of ether oxygens (including phenoxy) is 1. The molecular weight excluding hydrogens is 346 g/mol. The molecule has 1 aromatic heterocycles. The molecule has 1 N–H and O–H groups in total. The van der Waals surface area contributed by atoms with Crippen LogP contribution in [0.3, 0.4) is 0 Å². The monoisotopic (exact) mass is 369 g/mol. The van der Waals surface area contributed by atoms with Crippen molar-refractivity contribution in [2.45, 2.75) is 39.0 Å². The number of rotatable bonds is 4. The van der Waals surface area contributed by atoms with Crippen LogP contribution in [-0.2, 0) is 22.4 Å². The van der Waals surface area contributed by atoms with Gasteiger partial charge in [-0.25, -0.2) is 4.79 Å². The van der Waals surface area contributed by atoms with Crippen molar-refractivity contribution in [2.75, 3.05) is 12.4 Å². The van der Waals surface area contributed by atoms with Crippen molar-refractivity contribution >= 4 is 34.3 Å². The second kappa shape index (κ2) is 8.32. The lowest BCUT2D eigenvalue weighted by Gasteiger charge is -2.06. The highest BCUT2D eigenvalue weighted by atomic mass is 32.1. The number of thiophene rings is 1. The van der Waals surface area contributed by atoms with Crippen LogP contribution in [-0.4, -0.2) is 19.0 Å². The molecular formula is C21H23NO3S. The summed E-state index contributed by atoms with van der Waals surface area (Å²) in [4.78, 5) is 25.8. The summed E-state index contributed by atoms with van der Waals surface area (Å²) in [5, 5.41) is 3.48. The Labute approximate surface area is 157 Å². The van der Waals surface area contributed by atoms with E-state index in [1.54, 1.807) is 6.08 Å². The maximum absolute atomic E-state index is 12.4. The smallest absolute Gasteiger partial charge is 0.341 e. The number of anilines is 1. The first kappa shape index (κ1) is 18.4. The van der Waals surface area contributed by atoms with Crippen LogP contribution in [0.2, 0.25) is 0 Å². The van der Waals surface area contributed by atoms with E-state index in [0.717, 1.165) is 36.8 Å². The number of esters is 1. The zero-order valence-electron chi connectivity index (χ0n) is 15.1. The zero-order chi connectivity index (χ0) is 18.5. The molecule has 26 heavy (non-hydrogen) atoms. The van der Waals surface area contributed by atoms with Gasteiger partial charge in [0, 0.05) is 11.0 Å². The van der Waals surface area contributed by atoms with E-state index in [4.69, 9.17) is 4.74 Å². The Hall–Kier alpha value is -2.40. The average Bonchev–Trinajstić information content (AvgIpc) is 2.81. The van der Waals surface area contributed by atoms with Crippen LogP contribution in [0.25, 0.3) is 6.08 Å². The van der Waals surface area contributed by atoms with Crippen molar-refractivity contribution in [1.29, 1.82) is 0 Å². The van der Waals surface area contributed by atoms with Crippen molar-refractivity contribution < 1.29 is 14.3 Å². The molecule has 4 nitrogen and oxygen atoms in total. The topological polar surface area (TPSA) is 55.4 Å². The van der Waals surface area contributed by atoms with Crippen molar-refractivity contribution in [3.8, 4) is 0 Å². The fourth-order valence-corrected chi connectivity index (χ4v) is 4.43. The number of hydrogen-bond donors (Lipinski definition) is 1. The summed E-state index contributed by atoms with van der Waals surface area (Å²) >= 11 is 1.50. The van der Waals surface area contributed by atoms with Gasteiger partial charge < -0.3 is 10.1 Å². The van der Waals surface area contributed by atoms with Gasteiger partial charge in [-0.05, 0) is 49.8 Å². The summed E-state index contributed by atoms with van der Waals surface area (Å²) in [6.07, 6.45) is 8.44. The van der Waals surface area contributed by atoms with E-state index in [1.807, 2.05) is 31.2 Å². The lowest BCUT2D eigenvalue weighted by molar-refractivity contribution is -0.111. The summed E-state index contributed by atoms with van der Waals surface area (Å²) in [7, 11) is 1.38. The zero-order valence-corrected chi connectivity index (χ0v) is 15.9. The molecule has 0 saturated heterocycles. The van der Waals surface area contributed by atoms with E-state index in [2.05, 4.69) is 5.32 Å². The maximum atomic E-state index is 12.4. The third-order valence-corrected chi connectivity index (χ3v) is 5.76. The quantitative estimate of drug-likeness (QED) is 0.480. The van der Waals surface area contributed by atoms with Crippen molar-refractivity contribution in [1.82, 2.24) is 0 Å². The van der Waals surface area contributed by atoms with Gasteiger partial charge in [-0.15, -0.1) is 11.3 Å². The molecule has 1 aromatic carbocycles. The highest BCUT2D eigenvalue weighted by Crippen LogP contribution is 2.37. The van der Waals surface area contributed by atoms with Gasteiger partial charge in [-0.2, -0.15) is 0 Å². The lowest BCUT2D eigenvalue weighted by atomic mass is 10.1. The van der Waals surface area contributed by atoms with Gasteiger partial charge in [0.05, 0.1) is 12.7 Å². The average molecular weight is 369 g/mol. The first-order valence-corrected chi connectivity index (χ1v) is 9.68. The summed E-state index contributed by atoms with van der Waals surface area (Å²) in [6.45, 7) is 2.02. The first-order valence-electron chi connectivity index (χ1n) is 8.87. The summed E-state index contributed by atoms with van der Waals surface area (Å²) in [5.41, 5.74) is 3.72. The Balaban J connectivity index is 1.81. The van der Waals surface area contributed by atoms with E-state index in [9.17, 15) is 9.59 Å². The first-order chi connectivity index (χ1) is 12.6. The molecule has 136 valence electrons. The second-order valence-corrected chi connectivity index (χ2v) is 7.60. The number of carbonyl (C=O) groups is 2. The number of hydrogen-bond acceptors (Lipinski definition) is 4. The third-order valence-electron chi connectivity index (χ3n) is 4.55. The van der Waals surface area contributed by atoms with Crippen LogP contribution in [0.5, 0.6) is 0 Å². The van der Waals surface area contributed by atoms with Crippen LogP contribution >= 0.6 is 11.3 Å². The molecule has 3 rings (SSSR count). The highest BCUT2D eigenvalue weighted by Gasteiger charge is 2.25.